The molecule has 1 saturated carbocycles. The Labute approximate surface area is 218 Å². The van der Waals surface area contributed by atoms with Crippen LogP contribution in [0.3, 0.4) is 0 Å². The highest BCUT2D eigenvalue weighted by Crippen LogP contribution is 2.40. The van der Waals surface area contributed by atoms with Gasteiger partial charge < -0.3 is 9.84 Å². The van der Waals surface area contributed by atoms with Crippen LogP contribution in [0.4, 0.5) is 13.2 Å². The molecule has 1 aliphatic carbocycles. The van der Waals surface area contributed by atoms with Gasteiger partial charge in [0.25, 0.3) is 0 Å². The fraction of sp³-hybridized carbons (Fsp3) is 0.438. The largest absolute Gasteiger partial charge is 0.494 e. The summed E-state index contributed by atoms with van der Waals surface area (Å²) in [5, 5.41) is 10.2. The number of benzene rings is 3. The number of rotatable bonds is 10. The van der Waals surface area contributed by atoms with Crippen LogP contribution in [0.25, 0.3) is 11.1 Å². The molecule has 3 aromatic carbocycles. The quantitative estimate of drug-likeness (QED) is 0.295. The van der Waals surface area contributed by atoms with E-state index in [1.807, 2.05) is 19.9 Å². The topological polar surface area (TPSA) is 29.5 Å². The summed E-state index contributed by atoms with van der Waals surface area (Å²) in [7, 11) is 0. The first-order chi connectivity index (χ1) is 17.9. The van der Waals surface area contributed by atoms with Gasteiger partial charge in [-0.05, 0) is 92.0 Å². The van der Waals surface area contributed by atoms with E-state index in [0.29, 0.717) is 47.8 Å². The lowest BCUT2D eigenvalue weighted by molar-refractivity contribution is 0.166. The number of hydrogen-bond donors (Lipinski definition) is 1. The minimum Gasteiger partial charge on any atom is -0.494 e. The number of aliphatic hydroxyl groups excluding tert-OH is 1. The van der Waals surface area contributed by atoms with Crippen molar-refractivity contribution < 1.29 is 23.0 Å². The van der Waals surface area contributed by atoms with Crippen LogP contribution in [-0.2, 0) is 6.42 Å². The van der Waals surface area contributed by atoms with E-state index in [2.05, 4.69) is 0 Å². The van der Waals surface area contributed by atoms with Crippen LogP contribution in [0.15, 0.2) is 54.6 Å². The van der Waals surface area contributed by atoms with E-state index in [1.54, 1.807) is 42.5 Å². The number of halogens is 3. The summed E-state index contributed by atoms with van der Waals surface area (Å²) in [5.41, 5.74) is 2.77. The lowest BCUT2D eigenvalue weighted by atomic mass is 9.76. The maximum Gasteiger partial charge on any atom is 0.166 e. The molecule has 0 amide bonds. The van der Waals surface area contributed by atoms with E-state index in [4.69, 9.17) is 4.74 Å². The molecule has 0 aliphatic heterocycles. The molecule has 3 aromatic rings. The Morgan fingerprint density at radius 3 is 2.27 bits per heavy atom. The third-order valence-corrected chi connectivity index (χ3v) is 7.72. The molecule has 1 aliphatic rings. The third-order valence-electron chi connectivity index (χ3n) is 7.72. The zero-order chi connectivity index (χ0) is 26.4. The molecule has 0 aromatic heterocycles. The number of hydrogen-bond acceptors (Lipinski definition) is 2. The van der Waals surface area contributed by atoms with Gasteiger partial charge in [0.15, 0.2) is 11.6 Å². The number of aliphatic hydroxyl groups is 1. The van der Waals surface area contributed by atoms with E-state index in [9.17, 15) is 9.50 Å². The van der Waals surface area contributed by atoms with Gasteiger partial charge in [0.05, 0.1) is 12.7 Å². The monoisotopic (exact) mass is 510 g/mol. The van der Waals surface area contributed by atoms with Crippen LogP contribution in [0.1, 0.15) is 87.5 Å². The van der Waals surface area contributed by atoms with Crippen LogP contribution in [0.2, 0.25) is 0 Å². The normalized spacial score (nSPS) is 18.5. The van der Waals surface area contributed by atoms with Crippen molar-refractivity contribution in [3.63, 3.8) is 0 Å². The molecular formula is C32H37F3O2. The molecule has 0 heterocycles. The first-order valence-corrected chi connectivity index (χ1v) is 13.6. The second kappa shape index (κ2) is 12.6. The molecule has 2 nitrogen and oxygen atoms in total. The van der Waals surface area contributed by atoms with E-state index in [-0.39, 0.29) is 17.3 Å². The molecule has 198 valence electrons. The SMILES string of the molecule is CCCC(O)c1ccc(-c2ccc(C3CCC(CCc4ccc(OCC)cc4F)CC3)c(F)c2F)cc1. The summed E-state index contributed by atoms with van der Waals surface area (Å²) in [4.78, 5) is 0. The Hall–Kier alpha value is -2.79. The summed E-state index contributed by atoms with van der Waals surface area (Å²) >= 11 is 0. The molecule has 37 heavy (non-hydrogen) atoms. The predicted molar refractivity (Wildman–Crippen MR) is 142 cm³/mol. The van der Waals surface area contributed by atoms with Gasteiger partial charge in [-0.3, -0.25) is 0 Å². The van der Waals surface area contributed by atoms with Crippen molar-refractivity contribution in [3.05, 3.63) is 88.7 Å². The average Bonchev–Trinajstić information content (AvgIpc) is 2.91. The lowest BCUT2D eigenvalue weighted by Gasteiger charge is -2.29. The summed E-state index contributed by atoms with van der Waals surface area (Å²) in [6, 6.07) is 15.5. The summed E-state index contributed by atoms with van der Waals surface area (Å²) in [5.74, 6) is -0.805. The summed E-state index contributed by atoms with van der Waals surface area (Å²) < 4.78 is 50.0. The Kier molecular flexibility index (Phi) is 9.31. The molecule has 0 bridgehead atoms. The maximum absolute atomic E-state index is 15.2. The molecule has 0 spiro atoms. The van der Waals surface area contributed by atoms with Crippen molar-refractivity contribution in [1.29, 1.82) is 0 Å². The van der Waals surface area contributed by atoms with Crippen LogP contribution in [-0.4, -0.2) is 11.7 Å². The number of ether oxygens (including phenoxy) is 1. The molecule has 4 rings (SSSR count). The predicted octanol–water partition coefficient (Wildman–Crippen LogP) is 8.91. The van der Waals surface area contributed by atoms with Gasteiger partial charge in [0.1, 0.15) is 11.6 Å². The molecule has 1 N–H and O–H groups in total. The zero-order valence-corrected chi connectivity index (χ0v) is 21.8. The smallest absolute Gasteiger partial charge is 0.166 e. The van der Waals surface area contributed by atoms with Gasteiger partial charge in [-0.25, -0.2) is 13.2 Å². The van der Waals surface area contributed by atoms with Gasteiger partial charge in [0, 0.05) is 11.6 Å². The fourth-order valence-corrected chi connectivity index (χ4v) is 5.54. The van der Waals surface area contributed by atoms with E-state index in [0.717, 1.165) is 44.1 Å². The third kappa shape index (κ3) is 6.56. The van der Waals surface area contributed by atoms with Crippen LogP contribution in [0, 0.1) is 23.4 Å². The van der Waals surface area contributed by atoms with Crippen molar-refractivity contribution in [2.75, 3.05) is 6.61 Å². The van der Waals surface area contributed by atoms with E-state index >= 15 is 8.78 Å². The highest BCUT2D eigenvalue weighted by Gasteiger charge is 2.27. The minimum atomic E-state index is -0.813. The summed E-state index contributed by atoms with van der Waals surface area (Å²) in [6.45, 7) is 4.39. The van der Waals surface area contributed by atoms with Crippen molar-refractivity contribution >= 4 is 0 Å². The standard InChI is InChI=1S/C32H37F3O2/c1-3-5-30(36)25-14-12-23(13-15-25)28-19-18-27(31(34)32(28)35)22-9-6-21(7-10-22)8-11-24-16-17-26(37-4-2)20-29(24)33/h12-22,30,36H,3-11H2,1-2H3. The highest BCUT2D eigenvalue weighted by atomic mass is 19.2. The van der Waals surface area contributed by atoms with Crippen molar-refractivity contribution in [2.24, 2.45) is 5.92 Å². The van der Waals surface area contributed by atoms with E-state index in [1.165, 1.54) is 6.07 Å². The van der Waals surface area contributed by atoms with Crippen molar-refractivity contribution in [1.82, 2.24) is 0 Å². The second-order valence-electron chi connectivity index (χ2n) is 10.2. The van der Waals surface area contributed by atoms with Gasteiger partial charge in [-0.1, -0.05) is 55.8 Å². The molecule has 1 fully saturated rings. The Balaban J connectivity index is 1.36. The van der Waals surface area contributed by atoms with Crippen molar-refractivity contribution in [3.8, 4) is 16.9 Å². The lowest BCUT2D eigenvalue weighted by Crippen LogP contribution is -2.16. The second-order valence-corrected chi connectivity index (χ2v) is 10.2. The summed E-state index contributed by atoms with van der Waals surface area (Å²) in [6.07, 6.45) is 5.99. The molecule has 0 saturated heterocycles. The van der Waals surface area contributed by atoms with Gasteiger partial charge >= 0.3 is 0 Å². The van der Waals surface area contributed by atoms with Crippen LogP contribution < -0.4 is 4.74 Å². The van der Waals surface area contributed by atoms with Crippen LogP contribution >= 0.6 is 0 Å². The maximum atomic E-state index is 15.2. The first kappa shape index (κ1) is 27.3. The van der Waals surface area contributed by atoms with E-state index < -0.39 is 17.7 Å². The Morgan fingerprint density at radius 2 is 1.62 bits per heavy atom. The molecule has 0 radical (unpaired) electrons. The highest BCUT2D eigenvalue weighted by molar-refractivity contribution is 5.65. The molecular weight excluding hydrogens is 473 g/mol. The first-order valence-electron chi connectivity index (χ1n) is 13.6. The molecule has 1 unspecified atom stereocenters. The zero-order valence-electron chi connectivity index (χ0n) is 21.8. The molecule has 5 heteroatoms. The van der Waals surface area contributed by atoms with Gasteiger partial charge in [-0.2, -0.15) is 0 Å². The Bertz CT molecular complexity index is 1170. The van der Waals surface area contributed by atoms with Crippen molar-refractivity contribution in [2.45, 2.75) is 77.2 Å². The van der Waals surface area contributed by atoms with Gasteiger partial charge in [0.2, 0.25) is 0 Å². The Morgan fingerprint density at radius 1 is 0.892 bits per heavy atom. The number of aryl methyl sites for hydroxylation is 1. The average molecular weight is 511 g/mol. The molecule has 1 atom stereocenters. The minimum absolute atomic E-state index is 0.00595. The van der Waals surface area contributed by atoms with Crippen LogP contribution in [0.5, 0.6) is 5.75 Å². The fourth-order valence-electron chi connectivity index (χ4n) is 5.54. The van der Waals surface area contributed by atoms with Gasteiger partial charge in [-0.15, -0.1) is 0 Å².